The molecule has 0 spiro atoms. The van der Waals surface area contributed by atoms with Crippen LogP contribution in [-0.2, 0) is 18.8 Å². The Bertz CT molecular complexity index is 262. The summed E-state index contributed by atoms with van der Waals surface area (Å²) in [4.78, 5) is 11.4. The topological polar surface area (TPSA) is 52.6 Å². The second-order valence-corrected chi connectivity index (χ2v) is 4.08. The highest BCUT2D eigenvalue weighted by Crippen LogP contribution is 2.29. The third kappa shape index (κ3) is 2.47. The van der Waals surface area contributed by atoms with E-state index in [1.165, 1.54) is 6.08 Å². The van der Waals surface area contributed by atoms with Gasteiger partial charge in [-0.2, -0.15) is 0 Å². The molecule has 2 atom stereocenters. The Morgan fingerprint density at radius 1 is 1.57 bits per heavy atom. The molecule has 0 saturated carbocycles. The molecular formula is C9H13O4P. The first-order chi connectivity index (χ1) is 6.50. The van der Waals surface area contributed by atoms with E-state index < -0.39 is 18.0 Å². The van der Waals surface area contributed by atoms with Gasteiger partial charge in [-0.05, 0) is 13.8 Å². The zero-order valence-electron chi connectivity index (χ0n) is 8.23. The standard InChI is InChI=1S/C9H13O4P/c1-4-7-8(6(10)5-14-11)13-9(2,3)12-7/h4,7-8H,1,5H2,2-3H3/t7-,8+/m0/s1. The Hall–Kier alpha value is -0.570. The van der Waals surface area contributed by atoms with Crippen LogP contribution in [-0.4, -0.2) is 29.9 Å². The van der Waals surface area contributed by atoms with Gasteiger partial charge in [-0.3, -0.25) is 9.36 Å². The van der Waals surface area contributed by atoms with Gasteiger partial charge in [0.05, 0.1) is 6.16 Å². The summed E-state index contributed by atoms with van der Waals surface area (Å²) in [5.41, 5.74) is 0. The lowest BCUT2D eigenvalue weighted by Crippen LogP contribution is -2.31. The average Bonchev–Trinajstić information content (AvgIpc) is 2.41. The molecule has 1 heterocycles. The fraction of sp³-hybridized carbons (Fsp3) is 0.667. The molecule has 0 aliphatic carbocycles. The van der Waals surface area contributed by atoms with E-state index in [0.717, 1.165) is 0 Å². The van der Waals surface area contributed by atoms with E-state index in [1.807, 2.05) is 0 Å². The molecule has 1 aliphatic rings. The smallest absolute Gasteiger partial charge is 0.176 e. The van der Waals surface area contributed by atoms with E-state index in [-0.39, 0.29) is 20.4 Å². The first-order valence-electron chi connectivity index (χ1n) is 4.30. The summed E-state index contributed by atoms with van der Waals surface area (Å²) in [7, 11) is -0.196. The highest BCUT2D eigenvalue weighted by atomic mass is 31.1. The van der Waals surface area contributed by atoms with Gasteiger partial charge in [0.2, 0.25) is 0 Å². The molecule has 0 aromatic carbocycles. The highest BCUT2D eigenvalue weighted by Gasteiger charge is 2.43. The van der Waals surface area contributed by atoms with Crippen LogP contribution in [0, 0.1) is 0 Å². The normalized spacial score (nSPS) is 30.4. The van der Waals surface area contributed by atoms with E-state index in [4.69, 9.17) is 9.47 Å². The summed E-state index contributed by atoms with van der Waals surface area (Å²) in [5, 5.41) is 0. The minimum atomic E-state index is -0.779. The van der Waals surface area contributed by atoms with Gasteiger partial charge in [-0.25, -0.2) is 0 Å². The van der Waals surface area contributed by atoms with Gasteiger partial charge in [0, 0.05) is 0 Å². The SMILES string of the molecule is C=C[C@@H]1OC(C)(C)O[C@@H]1C(=O)CP=O. The van der Waals surface area contributed by atoms with Gasteiger partial charge < -0.3 is 9.47 Å². The van der Waals surface area contributed by atoms with E-state index >= 15 is 0 Å². The predicted octanol–water partition coefficient (Wildman–Crippen LogP) is 1.55. The van der Waals surface area contributed by atoms with Crippen molar-refractivity contribution >= 4 is 14.2 Å². The van der Waals surface area contributed by atoms with Crippen LogP contribution in [0.1, 0.15) is 13.8 Å². The number of rotatable bonds is 4. The van der Waals surface area contributed by atoms with Crippen molar-refractivity contribution in [3.05, 3.63) is 12.7 Å². The van der Waals surface area contributed by atoms with Crippen LogP contribution in [0.2, 0.25) is 0 Å². The maximum atomic E-state index is 11.4. The molecular weight excluding hydrogens is 203 g/mol. The Morgan fingerprint density at radius 3 is 2.71 bits per heavy atom. The Labute approximate surface area is 84.5 Å². The third-order valence-corrected chi connectivity index (χ3v) is 2.34. The van der Waals surface area contributed by atoms with Gasteiger partial charge in [0.15, 0.2) is 20.0 Å². The van der Waals surface area contributed by atoms with Crippen molar-refractivity contribution in [2.45, 2.75) is 31.8 Å². The lowest BCUT2D eigenvalue weighted by atomic mass is 10.1. The zero-order chi connectivity index (χ0) is 10.8. The predicted molar refractivity (Wildman–Crippen MR) is 51.5 cm³/mol. The molecule has 1 saturated heterocycles. The first kappa shape index (κ1) is 11.5. The maximum Gasteiger partial charge on any atom is 0.176 e. The minimum absolute atomic E-state index is 0.0472. The number of carbonyl (C=O) groups is 1. The number of ketones is 1. The van der Waals surface area contributed by atoms with Crippen molar-refractivity contribution in [3.8, 4) is 0 Å². The van der Waals surface area contributed by atoms with Crippen molar-refractivity contribution in [3.63, 3.8) is 0 Å². The van der Waals surface area contributed by atoms with Crippen molar-refractivity contribution < 1.29 is 18.8 Å². The summed E-state index contributed by atoms with van der Waals surface area (Å²) in [6.45, 7) is 7.02. The van der Waals surface area contributed by atoms with Crippen molar-refractivity contribution in [2.24, 2.45) is 0 Å². The van der Waals surface area contributed by atoms with Crippen LogP contribution in [0.5, 0.6) is 0 Å². The minimum Gasteiger partial charge on any atom is -0.340 e. The quantitative estimate of drug-likeness (QED) is 0.528. The summed E-state index contributed by atoms with van der Waals surface area (Å²) < 4.78 is 21.1. The van der Waals surface area contributed by atoms with Crippen LogP contribution < -0.4 is 0 Å². The van der Waals surface area contributed by atoms with E-state index in [0.29, 0.717) is 0 Å². The summed E-state index contributed by atoms with van der Waals surface area (Å²) in [6.07, 6.45) is 0.358. The molecule has 0 N–H and O–H groups in total. The van der Waals surface area contributed by atoms with E-state index in [9.17, 15) is 9.36 Å². The summed E-state index contributed by atoms with van der Waals surface area (Å²) in [5.74, 6) is -1.00. The highest BCUT2D eigenvalue weighted by molar-refractivity contribution is 7.25. The maximum absolute atomic E-state index is 11.4. The van der Waals surface area contributed by atoms with Gasteiger partial charge in [-0.15, -0.1) is 6.58 Å². The van der Waals surface area contributed by atoms with Crippen LogP contribution in [0.25, 0.3) is 0 Å². The monoisotopic (exact) mass is 216 g/mol. The second-order valence-electron chi connectivity index (χ2n) is 3.51. The molecule has 0 aromatic rings. The number of ether oxygens (including phenoxy) is 2. The van der Waals surface area contributed by atoms with Crippen molar-refractivity contribution in [1.29, 1.82) is 0 Å². The molecule has 1 fully saturated rings. The fourth-order valence-electron chi connectivity index (χ4n) is 1.36. The molecule has 14 heavy (non-hydrogen) atoms. The van der Waals surface area contributed by atoms with Crippen molar-refractivity contribution in [1.82, 2.24) is 0 Å². The van der Waals surface area contributed by atoms with E-state index in [2.05, 4.69) is 6.58 Å². The molecule has 78 valence electrons. The Morgan fingerprint density at radius 2 is 2.21 bits per heavy atom. The Kier molecular flexibility index (Phi) is 3.53. The second kappa shape index (κ2) is 4.30. The molecule has 0 aromatic heterocycles. The first-order valence-corrected chi connectivity index (χ1v) is 5.30. The van der Waals surface area contributed by atoms with E-state index in [1.54, 1.807) is 13.8 Å². The molecule has 0 radical (unpaired) electrons. The number of Topliss-reactive ketones (excluding diaryl/α,β-unsaturated/α-hetero) is 1. The van der Waals surface area contributed by atoms with Gasteiger partial charge in [-0.1, -0.05) is 6.08 Å². The third-order valence-electron chi connectivity index (χ3n) is 1.90. The van der Waals surface area contributed by atoms with Gasteiger partial charge in [0.1, 0.15) is 12.2 Å². The molecule has 0 amide bonds. The van der Waals surface area contributed by atoms with Crippen LogP contribution in [0.3, 0.4) is 0 Å². The summed E-state index contributed by atoms with van der Waals surface area (Å²) in [6, 6.07) is 0. The lowest BCUT2D eigenvalue weighted by Gasteiger charge is -2.15. The lowest BCUT2D eigenvalue weighted by molar-refractivity contribution is -0.152. The number of carbonyl (C=O) groups excluding carboxylic acids is 1. The van der Waals surface area contributed by atoms with Gasteiger partial charge >= 0.3 is 0 Å². The Balaban J connectivity index is 2.73. The van der Waals surface area contributed by atoms with Crippen LogP contribution in [0.4, 0.5) is 0 Å². The van der Waals surface area contributed by atoms with Crippen LogP contribution in [0.15, 0.2) is 12.7 Å². The van der Waals surface area contributed by atoms with Gasteiger partial charge in [0.25, 0.3) is 0 Å². The number of hydrogen-bond donors (Lipinski definition) is 0. The average molecular weight is 216 g/mol. The summed E-state index contributed by atoms with van der Waals surface area (Å²) >= 11 is 0. The van der Waals surface area contributed by atoms with Crippen LogP contribution >= 0.6 is 8.46 Å². The fourth-order valence-corrected chi connectivity index (χ4v) is 1.67. The molecule has 4 nitrogen and oxygen atoms in total. The molecule has 1 rings (SSSR count). The number of hydrogen-bond acceptors (Lipinski definition) is 4. The van der Waals surface area contributed by atoms with Crippen molar-refractivity contribution in [2.75, 3.05) is 6.16 Å². The molecule has 5 heteroatoms. The zero-order valence-corrected chi connectivity index (χ0v) is 9.12. The molecule has 1 aliphatic heterocycles. The molecule has 0 bridgehead atoms. The largest absolute Gasteiger partial charge is 0.340 e. The molecule has 0 unspecified atom stereocenters.